The molecule has 0 amide bonds. The Morgan fingerprint density at radius 3 is 1.80 bits per heavy atom. The van der Waals surface area contributed by atoms with E-state index in [1.165, 1.54) is 8.96 Å². The summed E-state index contributed by atoms with van der Waals surface area (Å²) in [5.74, 6) is -8.07. The van der Waals surface area contributed by atoms with Gasteiger partial charge in [0, 0.05) is 38.5 Å². The van der Waals surface area contributed by atoms with Crippen LogP contribution in [0.2, 0.25) is 0 Å². The lowest BCUT2D eigenvalue weighted by molar-refractivity contribution is 0.344. The summed E-state index contributed by atoms with van der Waals surface area (Å²) in [5, 5.41) is 2.69. The van der Waals surface area contributed by atoms with Crippen LogP contribution in [0.15, 0.2) is 92.8 Å². The van der Waals surface area contributed by atoms with Gasteiger partial charge in [0.15, 0.2) is 17.4 Å². The van der Waals surface area contributed by atoms with Gasteiger partial charge in [-0.3, -0.25) is 4.48 Å². The molecular formula is C31H12BF5N6O. The van der Waals surface area contributed by atoms with Crippen LogP contribution in [0.4, 0.5) is 33.6 Å². The van der Waals surface area contributed by atoms with Crippen LogP contribution in [-0.4, -0.2) is 33.7 Å². The van der Waals surface area contributed by atoms with Crippen LogP contribution in [0.25, 0.3) is 21.5 Å². The van der Waals surface area contributed by atoms with Crippen molar-refractivity contribution in [1.82, 2.24) is 8.96 Å². The average molecular weight is 590 g/mol. The Balaban J connectivity index is 1.49. The summed E-state index contributed by atoms with van der Waals surface area (Å²) in [6, 6.07) is 21.6. The number of aromatic nitrogens is 2. The third-order valence-electron chi connectivity index (χ3n) is 7.90. The highest BCUT2D eigenvalue weighted by Crippen LogP contribution is 2.41. The Morgan fingerprint density at radius 1 is 0.568 bits per heavy atom. The van der Waals surface area contributed by atoms with Crippen molar-refractivity contribution >= 4 is 57.9 Å². The summed E-state index contributed by atoms with van der Waals surface area (Å²) >= 11 is 0. The first-order valence-electron chi connectivity index (χ1n) is 13.3. The zero-order valence-electron chi connectivity index (χ0n) is 22.0. The minimum atomic E-state index is -2.29. The Kier molecular flexibility index (Phi) is 4.85. The SMILES string of the molecule is Fc1c(F)c(F)c(OB2n3c4c5ccccc5c3/N=C3\N=C(N=C=c5c6ccccc6c(n52)=N4)c2ccccc23)c(F)c1F. The topological polar surface area (TPSA) is 68.5 Å². The first-order valence-corrected chi connectivity index (χ1v) is 13.3. The molecule has 5 heterocycles. The van der Waals surface area contributed by atoms with E-state index in [-0.39, 0.29) is 11.2 Å². The highest BCUT2D eigenvalue weighted by atomic mass is 19.2. The van der Waals surface area contributed by atoms with Gasteiger partial charge >= 0.3 is 7.19 Å². The number of fused-ring (bicyclic) bond motifs is 10. The van der Waals surface area contributed by atoms with Gasteiger partial charge in [0.2, 0.25) is 29.1 Å². The van der Waals surface area contributed by atoms with Crippen LogP contribution in [0.1, 0.15) is 11.1 Å². The minimum Gasteiger partial charge on any atom is -0.518 e. The molecule has 3 aliphatic heterocycles. The van der Waals surface area contributed by atoms with Crippen LogP contribution < -0.4 is 15.5 Å². The van der Waals surface area contributed by atoms with E-state index in [0.29, 0.717) is 50.1 Å². The number of benzene rings is 4. The van der Waals surface area contributed by atoms with Crippen molar-refractivity contribution in [2.24, 2.45) is 20.0 Å². The molecule has 13 heteroatoms. The Bertz CT molecular complexity index is 2520. The highest BCUT2D eigenvalue weighted by Gasteiger charge is 2.41. The van der Waals surface area contributed by atoms with Crippen LogP contribution in [-0.2, 0) is 0 Å². The van der Waals surface area contributed by atoms with E-state index in [1.54, 1.807) is 48.5 Å². The molecule has 3 aliphatic rings. The Labute approximate surface area is 243 Å². The molecule has 0 radical (unpaired) electrons. The van der Waals surface area contributed by atoms with Crippen molar-refractivity contribution < 1.29 is 26.6 Å². The van der Waals surface area contributed by atoms with Crippen molar-refractivity contribution in [2.75, 3.05) is 0 Å². The van der Waals surface area contributed by atoms with Crippen LogP contribution in [0.3, 0.4) is 0 Å². The molecule has 4 bridgehead atoms. The molecule has 7 nitrogen and oxygen atoms in total. The number of halogens is 5. The molecule has 4 aromatic carbocycles. The maximum Gasteiger partial charge on any atom is 0.632 e. The Morgan fingerprint density at radius 2 is 1.11 bits per heavy atom. The largest absolute Gasteiger partial charge is 0.632 e. The fourth-order valence-corrected chi connectivity index (χ4v) is 5.95. The van der Waals surface area contributed by atoms with E-state index in [0.717, 1.165) is 5.56 Å². The van der Waals surface area contributed by atoms with Gasteiger partial charge in [0.05, 0.1) is 0 Å². The summed E-state index contributed by atoms with van der Waals surface area (Å²) < 4.78 is 81.9. The summed E-state index contributed by atoms with van der Waals surface area (Å²) in [5.41, 5.74) is 1.70. The molecule has 0 N–H and O–H groups in total. The van der Waals surface area contributed by atoms with Crippen molar-refractivity contribution in [3.63, 3.8) is 0 Å². The smallest absolute Gasteiger partial charge is 0.518 e. The maximum atomic E-state index is 15.1. The van der Waals surface area contributed by atoms with Gasteiger partial charge in [0.1, 0.15) is 22.5 Å². The van der Waals surface area contributed by atoms with E-state index in [4.69, 9.17) is 14.6 Å². The zero-order chi connectivity index (χ0) is 29.9. The lowest BCUT2D eigenvalue weighted by Gasteiger charge is -2.23. The molecule has 0 saturated carbocycles. The van der Waals surface area contributed by atoms with Gasteiger partial charge in [-0.25, -0.2) is 28.1 Å². The molecule has 6 aromatic rings. The van der Waals surface area contributed by atoms with E-state index < -0.39 is 42.0 Å². The predicted octanol–water partition coefficient (Wildman–Crippen LogP) is 5.21. The van der Waals surface area contributed by atoms with Gasteiger partial charge in [-0.2, -0.15) is 13.8 Å². The summed E-state index contributed by atoms with van der Waals surface area (Å²) in [6.07, 6.45) is 0. The molecule has 44 heavy (non-hydrogen) atoms. The van der Waals surface area contributed by atoms with Crippen molar-refractivity contribution in [3.05, 3.63) is 124 Å². The van der Waals surface area contributed by atoms with Crippen LogP contribution in [0.5, 0.6) is 5.75 Å². The second-order valence-electron chi connectivity index (χ2n) is 10.2. The molecule has 0 unspecified atom stereocenters. The summed E-state index contributed by atoms with van der Waals surface area (Å²) in [7, 11) is -1.58. The van der Waals surface area contributed by atoms with Crippen molar-refractivity contribution in [1.29, 1.82) is 0 Å². The normalized spacial score (nSPS) is 15.3. The number of hydrogen-bond donors (Lipinski definition) is 0. The molecule has 0 fully saturated rings. The summed E-state index contributed by atoms with van der Waals surface area (Å²) in [4.78, 5) is 19.1. The second-order valence-corrected chi connectivity index (χ2v) is 10.2. The highest BCUT2D eigenvalue weighted by molar-refractivity contribution is 6.52. The standard InChI is InChI=1S/C31H12BF5N6O/c33-21-22(34)24(36)26(25(37)23(21)35)44-32-42-20-13-38-27-15-8-2-3-9-16(15)28(39-27)40-29-18-11-5-6-12-19(18)31(43(29)32)41-30(42)17-10-4-1-7-14(17)20/h1-12H/b40-28-. The third kappa shape index (κ3) is 3.10. The molecule has 2 aromatic heterocycles. The molecule has 0 atom stereocenters. The number of rotatable bonds is 2. The molecular weight excluding hydrogens is 578 g/mol. The van der Waals surface area contributed by atoms with Gasteiger partial charge in [-0.05, 0) is 0 Å². The first kappa shape index (κ1) is 24.8. The van der Waals surface area contributed by atoms with E-state index in [2.05, 4.69) is 15.9 Å². The average Bonchev–Trinajstić information content (AvgIpc) is 3.67. The minimum absolute atomic E-state index is 0.235. The van der Waals surface area contributed by atoms with Crippen LogP contribution >= 0.6 is 0 Å². The zero-order valence-corrected chi connectivity index (χ0v) is 22.0. The van der Waals surface area contributed by atoms with Gasteiger partial charge < -0.3 is 9.13 Å². The number of aliphatic imine (C=N–C) groups is 3. The molecule has 0 aliphatic carbocycles. The van der Waals surface area contributed by atoms with Crippen LogP contribution in [0, 0.1) is 29.1 Å². The Hall–Kier alpha value is -5.81. The van der Waals surface area contributed by atoms with E-state index in [9.17, 15) is 13.2 Å². The molecule has 0 spiro atoms. The predicted molar refractivity (Wildman–Crippen MR) is 153 cm³/mol. The van der Waals surface area contributed by atoms with Crippen molar-refractivity contribution in [3.8, 4) is 5.75 Å². The molecule has 9 rings (SSSR count). The fraction of sp³-hybridized carbons (Fsp3) is 0. The number of amidine groups is 2. The lowest BCUT2D eigenvalue weighted by Crippen LogP contribution is -2.52. The fourth-order valence-electron chi connectivity index (χ4n) is 5.95. The van der Waals surface area contributed by atoms with Gasteiger partial charge in [-0.1, -0.05) is 72.8 Å². The second kappa shape index (κ2) is 8.62. The van der Waals surface area contributed by atoms with Crippen molar-refractivity contribution in [2.45, 2.75) is 0 Å². The lowest BCUT2D eigenvalue weighted by atomic mass is 9.97. The summed E-state index contributed by atoms with van der Waals surface area (Å²) in [6.45, 7) is 0. The van der Waals surface area contributed by atoms with E-state index in [1.807, 2.05) is 24.3 Å². The third-order valence-corrected chi connectivity index (χ3v) is 7.90. The number of nitrogens with zero attached hydrogens (tertiary/aromatic N) is 6. The van der Waals surface area contributed by atoms with Gasteiger partial charge in [-0.15, -0.1) is 0 Å². The van der Waals surface area contributed by atoms with Gasteiger partial charge in [0.25, 0.3) is 0 Å². The maximum absolute atomic E-state index is 15.1. The monoisotopic (exact) mass is 590 g/mol. The van der Waals surface area contributed by atoms with E-state index >= 15 is 8.78 Å². The first-order chi connectivity index (χ1) is 21.4. The molecule has 210 valence electrons. The molecule has 0 saturated heterocycles. The number of hydrogen-bond acceptors (Lipinski definition) is 5. The quantitative estimate of drug-likeness (QED) is 0.118.